The van der Waals surface area contributed by atoms with Crippen LogP contribution in [0.1, 0.15) is 50.4 Å². The maximum absolute atomic E-state index is 14.3. The zero-order valence-electron chi connectivity index (χ0n) is 27.8. The van der Waals surface area contributed by atoms with Gasteiger partial charge in [0.2, 0.25) is 10.0 Å². The molecule has 0 spiro atoms. The number of sulfonamides is 1. The van der Waals surface area contributed by atoms with Crippen molar-refractivity contribution in [3.63, 3.8) is 0 Å². The minimum absolute atomic E-state index is 0.0568. The Morgan fingerprint density at radius 1 is 1.04 bits per heavy atom. The normalized spacial score (nSPS) is 20.3. The van der Waals surface area contributed by atoms with Crippen LogP contribution in [0.15, 0.2) is 77.7 Å². The standard InChI is InChI=1S/C35H45FN4O7S/c1-24-21-40(25(2)23-41)34(42)31-20-29(38-35(43)37-28-15-13-27(36)14-16-28)17-18-32(31)47-26(3)10-8-9-19-46-33(24)22-39(4)48(44,45)30-11-6-5-7-12-30/h5-7,11-18,20,24-26,33,41H,8-10,19,21-23H2,1-4H3,(H2,37,38,43)/t24-,25-,26+,33-/m0/s1. The van der Waals surface area contributed by atoms with Crippen LogP contribution in [0.25, 0.3) is 0 Å². The maximum Gasteiger partial charge on any atom is 0.323 e. The molecule has 0 saturated heterocycles. The second kappa shape index (κ2) is 16.9. The summed E-state index contributed by atoms with van der Waals surface area (Å²) in [7, 11) is -2.28. The van der Waals surface area contributed by atoms with Gasteiger partial charge in [0.25, 0.3) is 5.91 Å². The van der Waals surface area contributed by atoms with E-state index in [2.05, 4.69) is 10.6 Å². The van der Waals surface area contributed by atoms with Crippen molar-refractivity contribution in [2.24, 2.45) is 5.92 Å². The number of nitrogens with zero attached hydrogens (tertiary/aromatic N) is 2. The predicted octanol–water partition coefficient (Wildman–Crippen LogP) is 5.59. The summed E-state index contributed by atoms with van der Waals surface area (Å²) in [5.74, 6) is -0.879. The summed E-state index contributed by atoms with van der Waals surface area (Å²) in [6.45, 7) is 5.79. The largest absolute Gasteiger partial charge is 0.490 e. The monoisotopic (exact) mass is 684 g/mol. The highest BCUT2D eigenvalue weighted by molar-refractivity contribution is 7.89. The van der Waals surface area contributed by atoms with Gasteiger partial charge in [0, 0.05) is 44.0 Å². The van der Waals surface area contributed by atoms with E-state index in [9.17, 15) is 27.5 Å². The van der Waals surface area contributed by atoms with Gasteiger partial charge in [0.15, 0.2) is 0 Å². The average Bonchev–Trinajstić information content (AvgIpc) is 3.07. The van der Waals surface area contributed by atoms with Gasteiger partial charge in [-0.1, -0.05) is 25.1 Å². The van der Waals surface area contributed by atoms with Crippen LogP contribution in [0.4, 0.5) is 20.6 Å². The van der Waals surface area contributed by atoms with Gasteiger partial charge in [-0.2, -0.15) is 4.31 Å². The van der Waals surface area contributed by atoms with Crippen molar-refractivity contribution in [2.45, 2.75) is 63.2 Å². The Labute approximate surface area is 282 Å². The molecule has 3 aromatic carbocycles. The molecule has 0 saturated carbocycles. The molecule has 13 heteroatoms. The zero-order chi connectivity index (χ0) is 34.8. The summed E-state index contributed by atoms with van der Waals surface area (Å²) in [5.41, 5.74) is 0.890. The first kappa shape index (κ1) is 36.8. The number of aliphatic hydroxyl groups is 1. The van der Waals surface area contributed by atoms with Gasteiger partial charge in [-0.15, -0.1) is 0 Å². The number of benzene rings is 3. The highest BCUT2D eigenvalue weighted by Crippen LogP contribution is 2.29. The van der Waals surface area contributed by atoms with Crippen LogP contribution in [0.3, 0.4) is 0 Å². The third-order valence-corrected chi connectivity index (χ3v) is 10.1. The van der Waals surface area contributed by atoms with Crippen LogP contribution in [-0.4, -0.2) is 86.3 Å². The average molecular weight is 685 g/mol. The molecule has 11 nitrogen and oxygen atoms in total. The fourth-order valence-corrected chi connectivity index (χ4v) is 6.62. The number of likely N-dealkylation sites (N-methyl/N-ethyl adjacent to an activating group) is 1. The van der Waals surface area contributed by atoms with E-state index in [1.54, 1.807) is 49.4 Å². The molecule has 0 radical (unpaired) electrons. The minimum Gasteiger partial charge on any atom is -0.490 e. The summed E-state index contributed by atoms with van der Waals surface area (Å²) in [6, 6.07) is 17.1. The highest BCUT2D eigenvalue weighted by Gasteiger charge is 2.32. The first-order valence-electron chi connectivity index (χ1n) is 16.1. The summed E-state index contributed by atoms with van der Waals surface area (Å²) in [5, 5.41) is 15.5. The lowest BCUT2D eigenvalue weighted by molar-refractivity contribution is -0.00833. The Hall–Kier alpha value is -4.04. The van der Waals surface area contributed by atoms with Gasteiger partial charge < -0.3 is 30.1 Å². The zero-order valence-corrected chi connectivity index (χ0v) is 28.6. The summed E-state index contributed by atoms with van der Waals surface area (Å²) < 4.78 is 53.8. The molecule has 3 N–H and O–H groups in total. The molecule has 48 heavy (non-hydrogen) atoms. The van der Waals surface area contributed by atoms with Crippen LogP contribution in [0.5, 0.6) is 5.75 Å². The number of hydrogen-bond donors (Lipinski definition) is 3. The Morgan fingerprint density at radius 2 is 1.71 bits per heavy atom. The maximum atomic E-state index is 14.3. The van der Waals surface area contributed by atoms with E-state index in [-0.39, 0.29) is 42.2 Å². The molecule has 1 aliphatic rings. The summed E-state index contributed by atoms with van der Waals surface area (Å²) >= 11 is 0. The van der Waals surface area contributed by atoms with Crippen LogP contribution >= 0.6 is 0 Å². The fraction of sp³-hybridized carbons (Fsp3) is 0.429. The number of ether oxygens (including phenoxy) is 2. The Balaban J connectivity index is 1.62. The molecular weight excluding hydrogens is 639 g/mol. The smallest absolute Gasteiger partial charge is 0.323 e. The van der Waals surface area contributed by atoms with E-state index in [1.165, 1.54) is 46.6 Å². The fourth-order valence-electron chi connectivity index (χ4n) is 5.41. The summed E-state index contributed by atoms with van der Waals surface area (Å²) in [6.07, 6.45) is 1.37. The molecule has 4 atom stereocenters. The minimum atomic E-state index is -3.79. The lowest BCUT2D eigenvalue weighted by Gasteiger charge is -2.35. The lowest BCUT2D eigenvalue weighted by atomic mass is 10.0. The van der Waals surface area contributed by atoms with Crippen molar-refractivity contribution >= 4 is 33.3 Å². The van der Waals surface area contributed by atoms with Crippen molar-refractivity contribution in [1.29, 1.82) is 0 Å². The van der Waals surface area contributed by atoms with Gasteiger partial charge >= 0.3 is 6.03 Å². The van der Waals surface area contributed by atoms with Crippen molar-refractivity contribution in [2.75, 3.05) is 44.0 Å². The van der Waals surface area contributed by atoms with Gasteiger partial charge in [-0.05, 0) is 87.7 Å². The molecule has 1 aliphatic heterocycles. The molecule has 3 amide bonds. The molecule has 260 valence electrons. The first-order chi connectivity index (χ1) is 22.9. The van der Waals surface area contributed by atoms with Crippen LogP contribution in [0, 0.1) is 11.7 Å². The first-order valence-corrected chi connectivity index (χ1v) is 17.5. The molecular formula is C35H45FN4O7S. The molecule has 0 fully saturated rings. The summed E-state index contributed by atoms with van der Waals surface area (Å²) in [4.78, 5) is 28.8. The second-order valence-electron chi connectivity index (χ2n) is 12.2. The van der Waals surface area contributed by atoms with Crippen LogP contribution in [0.2, 0.25) is 0 Å². The number of amides is 3. The number of carbonyl (C=O) groups is 2. The van der Waals surface area contributed by atoms with Crippen molar-refractivity contribution in [1.82, 2.24) is 9.21 Å². The molecule has 3 aromatic rings. The Morgan fingerprint density at radius 3 is 2.40 bits per heavy atom. The number of urea groups is 1. The van der Waals surface area contributed by atoms with Crippen molar-refractivity contribution in [3.8, 4) is 5.75 Å². The van der Waals surface area contributed by atoms with Gasteiger partial charge in [-0.25, -0.2) is 17.6 Å². The number of anilines is 2. The highest BCUT2D eigenvalue weighted by atomic mass is 32.2. The number of carbonyl (C=O) groups excluding carboxylic acids is 2. The number of halogens is 1. The van der Waals surface area contributed by atoms with E-state index in [0.717, 1.165) is 12.8 Å². The number of fused-ring (bicyclic) bond motifs is 1. The lowest BCUT2D eigenvalue weighted by Crippen LogP contribution is -2.48. The number of rotatable bonds is 8. The quantitative estimate of drug-likeness (QED) is 0.282. The van der Waals surface area contributed by atoms with E-state index in [1.807, 2.05) is 13.8 Å². The van der Waals surface area contributed by atoms with E-state index in [0.29, 0.717) is 30.2 Å². The second-order valence-corrected chi connectivity index (χ2v) is 14.2. The Kier molecular flexibility index (Phi) is 12.9. The van der Waals surface area contributed by atoms with Crippen molar-refractivity contribution < 1.29 is 37.0 Å². The molecule has 0 bridgehead atoms. The van der Waals surface area contributed by atoms with E-state index < -0.39 is 39.9 Å². The third-order valence-electron chi connectivity index (χ3n) is 8.30. The molecule has 0 aromatic heterocycles. The Bertz CT molecular complexity index is 1630. The third kappa shape index (κ3) is 9.75. The van der Waals surface area contributed by atoms with Crippen molar-refractivity contribution in [3.05, 3.63) is 84.2 Å². The molecule has 1 heterocycles. The number of aliphatic hydroxyl groups excluding tert-OH is 1. The van der Waals surface area contributed by atoms with E-state index >= 15 is 0 Å². The number of hydrogen-bond acceptors (Lipinski definition) is 7. The predicted molar refractivity (Wildman–Crippen MR) is 182 cm³/mol. The van der Waals surface area contributed by atoms with Gasteiger partial charge in [-0.3, -0.25) is 4.79 Å². The number of nitrogens with one attached hydrogen (secondary N) is 2. The topological polar surface area (TPSA) is 138 Å². The van der Waals surface area contributed by atoms with Gasteiger partial charge in [0.05, 0.1) is 35.3 Å². The molecule has 0 aliphatic carbocycles. The molecule has 0 unspecified atom stereocenters. The van der Waals surface area contributed by atoms with Gasteiger partial charge in [0.1, 0.15) is 11.6 Å². The van der Waals surface area contributed by atoms with Crippen LogP contribution in [-0.2, 0) is 14.8 Å². The van der Waals surface area contributed by atoms with Crippen LogP contribution < -0.4 is 15.4 Å². The van der Waals surface area contributed by atoms with E-state index in [4.69, 9.17) is 9.47 Å². The molecule has 4 rings (SSSR count). The SMILES string of the molecule is C[C@@H]1CCCCO[C@@H](CN(C)S(=O)(=O)c2ccccc2)[C@@H](C)CN([C@@H](C)CO)C(=O)c2cc(NC(=O)Nc3ccc(F)cc3)ccc2O1.